The smallest absolute Gasteiger partial charge is 0.0714 e. The van der Waals surface area contributed by atoms with Crippen molar-refractivity contribution in [3.8, 4) is 22.3 Å². The predicted octanol–water partition coefficient (Wildman–Crippen LogP) is 16.0. The summed E-state index contributed by atoms with van der Waals surface area (Å²) in [6.45, 7) is 0. The maximum atomic E-state index is 2.48. The second kappa shape index (κ2) is 15.2. The minimum atomic E-state index is -0.558. The van der Waals surface area contributed by atoms with Gasteiger partial charge in [-0.05, 0) is 123 Å². The van der Waals surface area contributed by atoms with Gasteiger partial charge in [0.1, 0.15) is 0 Å². The van der Waals surface area contributed by atoms with Crippen molar-refractivity contribution in [2.45, 2.75) is 18.3 Å². The molecule has 12 rings (SSSR count). The van der Waals surface area contributed by atoms with Crippen molar-refractivity contribution in [3.63, 3.8) is 0 Å². The van der Waals surface area contributed by atoms with Crippen molar-refractivity contribution in [3.05, 3.63) is 270 Å². The monoisotopic (exact) mass is 804 g/mol. The fraction of sp³-hybridized carbons (Fsp3) is 0.0492. The van der Waals surface area contributed by atoms with Gasteiger partial charge in [0, 0.05) is 33.5 Å². The Bertz CT molecular complexity index is 3270. The molecule has 0 radical (unpaired) electrons. The normalized spacial score (nSPS) is 13.9. The average molecular weight is 805 g/mol. The molecular weight excluding hydrogens is 761 g/mol. The van der Waals surface area contributed by atoms with Gasteiger partial charge in [0.05, 0.1) is 16.4 Å². The first-order chi connectivity index (χ1) is 31.3. The maximum absolute atomic E-state index is 2.48. The summed E-state index contributed by atoms with van der Waals surface area (Å²) in [5.74, 6) is 0. The molecule has 9 aromatic carbocycles. The predicted molar refractivity (Wildman–Crippen MR) is 265 cm³/mol. The highest BCUT2D eigenvalue weighted by molar-refractivity contribution is 6.10. The number of fused-ring (bicyclic) bond motifs is 6. The van der Waals surface area contributed by atoms with Crippen LogP contribution in [0.1, 0.15) is 40.7 Å². The number of hydrogen-bond acceptors (Lipinski definition) is 1. The van der Waals surface area contributed by atoms with Crippen LogP contribution in [0.3, 0.4) is 0 Å². The minimum absolute atomic E-state index is 0.558. The van der Waals surface area contributed by atoms with E-state index >= 15 is 0 Å². The van der Waals surface area contributed by atoms with Crippen molar-refractivity contribution in [1.29, 1.82) is 0 Å². The molecule has 1 aromatic heterocycles. The summed E-state index contributed by atoms with van der Waals surface area (Å²) in [4.78, 5) is 2.41. The largest absolute Gasteiger partial charge is 0.313 e. The quantitative estimate of drug-likeness (QED) is 0.149. The SMILES string of the molecule is C1=C(c2cccc3c2-c2ccc(N(c4ccccc4)c4ccc(-c5ccccc5)cc4)cc2C3(c2ccccc2)c2ccccc2)CCC(n2c3ccccc3c3ccccc32)=C1. The number of nitrogens with zero attached hydrogens (tertiary/aromatic N) is 2. The van der Waals surface area contributed by atoms with E-state index in [4.69, 9.17) is 0 Å². The number of aromatic nitrogens is 1. The highest BCUT2D eigenvalue weighted by atomic mass is 15.1. The van der Waals surface area contributed by atoms with E-state index in [0.717, 1.165) is 29.9 Å². The van der Waals surface area contributed by atoms with Crippen LogP contribution in [-0.2, 0) is 5.41 Å². The van der Waals surface area contributed by atoms with Crippen molar-refractivity contribution in [1.82, 2.24) is 4.57 Å². The molecule has 0 N–H and O–H groups in total. The summed E-state index contributed by atoms with van der Waals surface area (Å²) < 4.78 is 2.48. The summed E-state index contributed by atoms with van der Waals surface area (Å²) in [6.07, 6.45) is 6.66. The van der Waals surface area contributed by atoms with Crippen molar-refractivity contribution >= 4 is 50.1 Å². The molecule has 2 nitrogen and oxygen atoms in total. The first-order valence-electron chi connectivity index (χ1n) is 22.1. The molecule has 0 fully saturated rings. The van der Waals surface area contributed by atoms with Crippen molar-refractivity contribution < 1.29 is 0 Å². The lowest BCUT2D eigenvalue weighted by molar-refractivity contribution is 0.768. The third kappa shape index (κ3) is 5.94. The lowest BCUT2D eigenvalue weighted by atomic mass is 9.67. The highest BCUT2D eigenvalue weighted by Gasteiger charge is 2.47. The Kier molecular flexibility index (Phi) is 8.90. The van der Waals surface area contributed by atoms with Crippen LogP contribution in [0.4, 0.5) is 17.1 Å². The Labute approximate surface area is 369 Å². The molecule has 10 aromatic rings. The molecule has 0 aliphatic heterocycles. The van der Waals surface area contributed by atoms with E-state index in [-0.39, 0.29) is 0 Å². The lowest BCUT2D eigenvalue weighted by Crippen LogP contribution is -2.28. The molecular formula is C61H44N2. The summed E-state index contributed by atoms with van der Waals surface area (Å²) in [5, 5.41) is 2.60. The van der Waals surface area contributed by atoms with Crippen LogP contribution in [0.15, 0.2) is 243 Å². The van der Waals surface area contributed by atoms with E-state index in [1.54, 1.807) is 0 Å². The Hall–Kier alpha value is -7.94. The maximum Gasteiger partial charge on any atom is 0.0714 e. The minimum Gasteiger partial charge on any atom is -0.313 e. The molecule has 0 atom stereocenters. The van der Waals surface area contributed by atoms with E-state index in [1.807, 2.05) is 0 Å². The van der Waals surface area contributed by atoms with Crippen LogP contribution in [0.2, 0.25) is 0 Å². The van der Waals surface area contributed by atoms with Crippen LogP contribution in [0, 0.1) is 0 Å². The fourth-order valence-corrected chi connectivity index (χ4v) is 10.7. The van der Waals surface area contributed by atoms with E-state index in [9.17, 15) is 0 Å². The van der Waals surface area contributed by atoms with Gasteiger partial charge in [0.25, 0.3) is 0 Å². The number of benzene rings is 9. The Balaban J connectivity index is 1.06. The van der Waals surface area contributed by atoms with E-state index in [1.165, 1.54) is 83.1 Å². The number of anilines is 3. The van der Waals surface area contributed by atoms with Crippen molar-refractivity contribution in [2.24, 2.45) is 0 Å². The van der Waals surface area contributed by atoms with Gasteiger partial charge in [0.2, 0.25) is 0 Å². The van der Waals surface area contributed by atoms with Crippen LogP contribution in [0.5, 0.6) is 0 Å². The molecule has 1 heterocycles. The Morgan fingerprint density at radius 1 is 0.381 bits per heavy atom. The van der Waals surface area contributed by atoms with Gasteiger partial charge in [-0.15, -0.1) is 0 Å². The number of allylic oxidation sites excluding steroid dienone is 4. The van der Waals surface area contributed by atoms with Gasteiger partial charge in [-0.1, -0.05) is 188 Å². The lowest BCUT2D eigenvalue weighted by Gasteiger charge is -2.35. The summed E-state index contributed by atoms with van der Waals surface area (Å²) in [6, 6.07) is 84.6. The number of hydrogen-bond donors (Lipinski definition) is 0. The third-order valence-corrected chi connectivity index (χ3v) is 13.4. The van der Waals surface area contributed by atoms with E-state index in [2.05, 4.69) is 252 Å². The Morgan fingerprint density at radius 2 is 0.921 bits per heavy atom. The van der Waals surface area contributed by atoms with Gasteiger partial charge >= 0.3 is 0 Å². The zero-order valence-electron chi connectivity index (χ0n) is 34.9. The molecule has 0 spiro atoms. The van der Waals surface area contributed by atoms with Crippen LogP contribution < -0.4 is 4.90 Å². The summed E-state index contributed by atoms with van der Waals surface area (Å²) in [7, 11) is 0. The highest BCUT2D eigenvalue weighted by Crippen LogP contribution is 2.59. The first-order valence-corrected chi connectivity index (χ1v) is 22.1. The molecule has 0 unspecified atom stereocenters. The second-order valence-corrected chi connectivity index (χ2v) is 16.7. The van der Waals surface area contributed by atoms with Crippen LogP contribution in [-0.4, -0.2) is 4.57 Å². The number of rotatable bonds is 8. The molecule has 2 heteroatoms. The molecule has 0 bridgehead atoms. The van der Waals surface area contributed by atoms with Crippen molar-refractivity contribution in [2.75, 3.05) is 4.90 Å². The van der Waals surface area contributed by atoms with Gasteiger partial charge in [-0.3, -0.25) is 0 Å². The first kappa shape index (κ1) is 36.9. The van der Waals surface area contributed by atoms with Gasteiger partial charge in [-0.25, -0.2) is 0 Å². The Morgan fingerprint density at radius 3 is 1.54 bits per heavy atom. The zero-order chi connectivity index (χ0) is 41.7. The van der Waals surface area contributed by atoms with Gasteiger partial charge in [-0.2, -0.15) is 0 Å². The zero-order valence-corrected chi connectivity index (χ0v) is 34.9. The molecule has 298 valence electrons. The number of para-hydroxylation sites is 3. The van der Waals surface area contributed by atoms with Crippen LogP contribution in [0.25, 0.3) is 55.3 Å². The molecule has 0 saturated carbocycles. The average Bonchev–Trinajstić information content (AvgIpc) is 3.86. The van der Waals surface area contributed by atoms with Gasteiger partial charge < -0.3 is 9.47 Å². The molecule has 0 amide bonds. The van der Waals surface area contributed by atoms with Gasteiger partial charge in [0.15, 0.2) is 0 Å². The van der Waals surface area contributed by atoms with E-state index in [0.29, 0.717) is 0 Å². The van der Waals surface area contributed by atoms with Crippen LogP contribution >= 0.6 is 0 Å². The summed E-state index contributed by atoms with van der Waals surface area (Å²) in [5.41, 5.74) is 19.5. The van der Waals surface area contributed by atoms with E-state index < -0.39 is 5.41 Å². The summed E-state index contributed by atoms with van der Waals surface area (Å²) >= 11 is 0. The standard InChI is InChI=1S/C61H44N2/c1-5-18-43(19-6-1)44-32-36-49(37-33-44)62(48-24-11-4-12-25-48)51-40-41-55-57(42-51)61(46-20-7-2-8-21-46,47-22-9-3-10-23-47)56-29-17-28-52(60(55)56)45-34-38-50(39-35-45)63-58-30-15-13-26-53(58)54-27-14-16-31-59(54)63/h1-34,36-38,40-42H,35,39H2. The molecule has 2 aliphatic rings. The molecule has 2 aliphatic carbocycles. The fourth-order valence-electron chi connectivity index (χ4n) is 10.7. The second-order valence-electron chi connectivity index (χ2n) is 16.7. The molecule has 63 heavy (non-hydrogen) atoms. The topological polar surface area (TPSA) is 8.17 Å². The third-order valence-electron chi connectivity index (χ3n) is 13.4. The molecule has 0 saturated heterocycles.